The van der Waals surface area contributed by atoms with E-state index in [1.807, 2.05) is 0 Å². The minimum absolute atomic E-state index is 0.0513. The van der Waals surface area contributed by atoms with E-state index in [1.54, 1.807) is 0 Å². The largest absolute Gasteiger partial charge is 0.478 e. The van der Waals surface area contributed by atoms with Crippen LogP contribution in [0.15, 0.2) is 24.3 Å². The van der Waals surface area contributed by atoms with Crippen molar-refractivity contribution in [3.05, 3.63) is 46.5 Å². The second kappa shape index (κ2) is 8.88. The highest BCUT2D eigenvalue weighted by Gasteiger charge is 2.26. The second-order valence-corrected chi connectivity index (χ2v) is 8.45. The summed E-state index contributed by atoms with van der Waals surface area (Å²) in [6.45, 7) is 0. The molecule has 0 atom stereocenters. The first kappa shape index (κ1) is 21.0. The van der Waals surface area contributed by atoms with E-state index in [2.05, 4.69) is 10.6 Å². The second-order valence-electron chi connectivity index (χ2n) is 8.45. The number of carbonyl (C=O) groups is 4. The van der Waals surface area contributed by atoms with Crippen molar-refractivity contribution in [2.24, 2.45) is 0 Å². The quantitative estimate of drug-likeness (QED) is 0.615. The Morgan fingerprint density at radius 2 is 1.19 bits per heavy atom. The summed E-state index contributed by atoms with van der Waals surface area (Å²) in [5.41, 5.74) is 0.463. The fourth-order valence-corrected chi connectivity index (χ4v) is 4.84. The topological polar surface area (TPSA) is 113 Å². The van der Waals surface area contributed by atoms with Crippen molar-refractivity contribution in [2.75, 3.05) is 0 Å². The van der Waals surface area contributed by atoms with Gasteiger partial charge in [-0.3, -0.25) is 14.4 Å². The van der Waals surface area contributed by atoms with Crippen LogP contribution in [0.1, 0.15) is 92.8 Å². The third-order valence-electron chi connectivity index (χ3n) is 6.42. The van der Waals surface area contributed by atoms with Gasteiger partial charge >= 0.3 is 5.97 Å². The number of carboxylic acids is 1. The lowest BCUT2D eigenvalue weighted by molar-refractivity contribution is 0.0698. The van der Waals surface area contributed by atoms with Gasteiger partial charge in [0.25, 0.3) is 11.8 Å². The molecule has 0 radical (unpaired) electrons. The Labute approximate surface area is 180 Å². The van der Waals surface area contributed by atoms with E-state index in [0.717, 1.165) is 51.4 Å². The van der Waals surface area contributed by atoms with Crippen LogP contribution >= 0.6 is 0 Å². The molecule has 2 aromatic rings. The number of fused-ring (bicyclic) bond motifs is 1. The van der Waals surface area contributed by atoms with Gasteiger partial charge in [0.2, 0.25) is 0 Å². The van der Waals surface area contributed by atoms with Crippen molar-refractivity contribution < 1.29 is 24.3 Å². The summed E-state index contributed by atoms with van der Waals surface area (Å²) < 4.78 is 0. The van der Waals surface area contributed by atoms with Gasteiger partial charge in [-0.2, -0.15) is 0 Å². The van der Waals surface area contributed by atoms with Gasteiger partial charge in [-0.25, -0.2) is 4.79 Å². The Morgan fingerprint density at radius 3 is 1.68 bits per heavy atom. The van der Waals surface area contributed by atoms with Gasteiger partial charge in [0.05, 0.1) is 5.56 Å². The van der Waals surface area contributed by atoms with Gasteiger partial charge in [-0.15, -0.1) is 0 Å². The molecule has 0 spiro atoms. The summed E-state index contributed by atoms with van der Waals surface area (Å²) in [4.78, 5) is 49.9. The first-order valence-electron chi connectivity index (χ1n) is 10.9. The van der Waals surface area contributed by atoms with Crippen molar-refractivity contribution in [2.45, 2.75) is 63.5 Å². The first-order chi connectivity index (χ1) is 15.0. The van der Waals surface area contributed by atoms with Crippen molar-refractivity contribution in [1.29, 1.82) is 0 Å². The number of amides is 2. The fraction of sp³-hybridized carbons (Fsp3) is 0.417. The lowest BCUT2D eigenvalue weighted by Gasteiger charge is -2.18. The monoisotopic (exact) mass is 422 g/mol. The fourth-order valence-electron chi connectivity index (χ4n) is 4.84. The van der Waals surface area contributed by atoms with Gasteiger partial charge in [-0.1, -0.05) is 31.7 Å². The average molecular weight is 422 g/mol. The van der Waals surface area contributed by atoms with E-state index >= 15 is 0 Å². The molecule has 2 saturated carbocycles. The average Bonchev–Trinajstić information content (AvgIpc) is 3.46. The van der Waals surface area contributed by atoms with Crippen LogP contribution in [0, 0.1) is 0 Å². The van der Waals surface area contributed by atoms with Crippen molar-refractivity contribution in [1.82, 2.24) is 10.6 Å². The standard InChI is InChI=1S/C24H26N2O5/c27-13-14-9-10-18(23(29)26-16-7-3-4-8-16)21-19(24(30)31)12-11-17(20(14)21)22(28)25-15-5-1-2-6-15/h9-13,15-16H,1-8H2,(H,25,28)(H,26,29)(H,30,31). The van der Waals surface area contributed by atoms with Crippen LogP contribution < -0.4 is 10.6 Å². The lowest BCUT2D eigenvalue weighted by atomic mass is 9.91. The number of hydrogen-bond donors (Lipinski definition) is 3. The molecule has 2 fully saturated rings. The maximum Gasteiger partial charge on any atom is 0.336 e. The van der Waals surface area contributed by atoms with Crippen LogP contribution in [0.5, 0.6) is 0 Å². The predicted octanol–water partition coefficient (Wildman–Crippen LogP) is 3.70. The molecular weight excluding hydrogens is 396 g/mol. The summed E-state index contributed by atoms with van der Waals surface area (Å²) in [7, 11) is 0. The zero-order valence-electron chi connectivity index (χ0n) is 17.3. The van der Waals surface area contributed by atoms with E-state index in [0.29, 0.717) is 6.29 Å². The maximum atomic E-state index is 13.1. The number of nitrogens with one attached hydrogen (secondary N) is 2. The van der Waals surface area contributed by atoms with Crippen LogP contribution in [0.3, 0.4) is 0 Å². The van der Waals surface area contributed by atoms with Crippen LogP contribution in [-0.2, 0) is 0 Å². The molecule has 0 aromatic heterocycles. The third kappa shape index (κ3) is 4.17. The predicted molar refractivity (Wildman–Crippen MR) is 116 cm³/mol. The molecular formula is C24H26N2O5. The van der Waals surface area contributed by atoms with Crippen LogP contribution in [0.4, 0.5) is 0 Å². The van der Waals surface area contributed by atoms with Crippen molar-refractivity contribution in [3.63, 3.8) is 0 Å². The normalized spacial score (nSPS) is 17.0. The van der Waals surface area contributed by atoms with E-state index in [4.69, 9.17) is 0 Å². The number of aromatic carboxylic acids is 1. The van der Waals surface area contributed by atoms with Gasteiger partial charge in [0, 0.05) is 39.5 Å². The molecule has 0 saturated heterocycles. The number of benzene rings is 2. The molecule has 7 heteroatoms. The number of rotatable bonds is 6. The number of aldehydes is 1. The summed E-state index contributed by atoms with van der Waals surface area (Å²) >= 11 is 0. The molecule has 4 rings (SSSR count). The lowest BCUT2D eigenvalue weighted by Crippen LogP contribution is -2.34. The number of carboxylic acid groups (broad SMARTS) is 1. The Hall–Kier alpha value is -3.22. The van der Waals surface area contributed by atoms with Gasteiger partial charge < -0.3 is 15.7 Å². The summed E-state index contributed by atoms with van der Waals surface area (Å²) in [6, 6.07) is 5.85. The highest BCUT2D eigenvalue weighted by molar-refractivity contribution is 6.22. The summed E-state index contributed by atoms with van der Waals surface area (Å²) in [5.74, 6) is -1.96. The Kier molecular flexibility index (Phi) is 6.02. The smallest absolute Gasteiger partial charge is 0.336 e. The highest BCUT2D eigenvalue weighted by Crippen LogP contribution is 2.31. The molecule has 2 aliphatic carbocycles. The van der Waals surface area contributed by atoms with E-state index in [-0.39, 0.29) is 56.9 Å². The van der Waals surface area contributed by atoms with E-state index in [9.17, 15) is 24.3 Å². The van der Waals surface area contributed by atoms with Crippen molar-refractivity contribution in [3.8, 4) is 0 Å². The molecule has 0 unspecified atom stereocenters. The molecule has 0 aliphatic heterocycles. The maximum absolute atomic E-state index is 13.1. The Bertz CT molecular complexity index is 1050. The molecule has 2 amide bonds. The Morgan fingerprint density at radius 1 is 0.742 bits per heavy atom. The zero-order chi connectivity index (χ0) is 22.0. The van der Waals surface area contributed by atoms with Crippen molar-refractivity contribution >= 4 is 34.8 Å². The van der Waals surface area contributed by atoms with Crippen LogP contribution in [-0.4, -0.2) is 41.3 Å². The minimum atomic E-state index is -1.22. The first-order valence-corrected chi connectivity index (χ1v) is 10.9. The van der Waals surface area contributed by atoms with Gasteiger partial charge in [0.1, 0.15) is 0 Å². The molecule has 162 valence electrons. The van der Waals surface area contributed by atoms with Gasteiger partial charge in [-0.05, 0) is 43.9 Å². The van der Waals surface area contributed by atoms with E-state index < -0.39 is 5.97 Å². The summed E-state index contributed by atoms with van der Waals surface area (Å²) in [5, 5.41) is 16.1. The molecule has 31 heavy (non-hydrogen) atoms. The molecule has 0 heterocycles. The van der Waals surface area contributed by atoms with Crippen LogP contribution in [0.25, 0.3) is 10.8 Å². The summed E-state index contributed by atoms with van der Waals surface area (Å²) in [6.07, 6.45) is 8.35. The third-order valence-corrected chi connectivity index (χ3v) is 6.42. The van der Waals surface area contributed by atoms with Crippen LogP contribution in [0.2, 0.25) is 0 Å². The zero-order valence-corrected chi connectivity index (χ0v) is 17.3. The Balaban J connectivity index is 1.84. The SMILES string of the molecule is O=Cc1ccc(C(=O)NC2CCCC2)c2c(C(=O)O)ccc(C(=O)NC3CCCC3)c12. The molecule has 7 nitrogen and oxygen atoms in total. The molecule has 3 N–H and O–H groups in total. The highest BCUT2D eigenvalue weighted by atomic mass is 16.4. The number of hydrogen-bond acceptors (Lipinski definition) is 4. The molecule has 0 bridgehead atoms. The van der Waals surface area contributed by atoms with E-state index in [1.165, 1.54) is 24.3 Å². The minimum Gasteiger partial charge on any atom is -0.478 e. The molecule has 2 aromatic carbocycles. The number of carbonyl (C=O) groups excluding carboxylic acids is 3. The van der Waals surface area contributed by atoms with Gasteiger partial charge in [0.15, 0.2) is 6.29 Å². The molecule has 2 aliphatic rings.